The van der Waals surface area contributed by atoms with Gasteiger partial charge in [-0.25, -0.2) is 4.79 Å². The van der Waals surface area contributed by atoms with E-state index in [0.29, 0.717) is 19.5 Å². The first kappa shape index (κ1) is 33.5. The molecule has 0 saturated carbocycles. The molecule has 0 spiro atoms. The Hall–Kier alpha value is -2.57. The standard InChI is InChI=1S/C31H53N3O4/c1-10-12-14-15-17-34(29(36)26(18-22(3)4)33-30(37)38-31(7,8)9)27(28(35)32-16-13-11-2)25-20-23(5)19-24(6)21-25/h19-22,26-27H,10-18H2,1-9H3,(H,32,35)(H,33,37). The summed E-state index contributed by atoms with van der Waals surface area (Å²) >= 11 is 0. The van der Waals surface area contributed by atoms with Crippen molar-refractivity contribution in [2.45, 2.75) is 125 Å². The molecule has 0 fully saturated rings. The maximum atomic E-state index is 14.2. The van der Waals surface area contributed by atoms with Gasteiger partial charge in [-0.05, 0) is 65.4 Å². The summed E-state index contributed by atoms with van der Waals surface area (Å²) in [7, 11) is 0. The highest BCUT2D eigenvalue weighted by molar-refractivity contribution is 5.92. The highest BCUT2D eigenvalue weighted by Gasteiger charge is 2.36. The van der Waals surface area contributed by atoms with Crippen LogP contribution >= 0.6 is 0 Å². The lowest BCUT2D eigenvalue weighted by atomic mass is 9.96. The summed E-state index contributed by atoms with van der Waals surface area (Å²) in [5.74, 6) is -0.289. The van der Waals surface area contributed by atoms with E-state index in [9.17, 15) is 14.4 Å². The van der Waals surface area contributed by atoms with Crippen LogP contribution < -0.4 is 10.6 Å². The number of hydrogen-bond donors (Lipinski definition) is 2. The Labute approximate surface area is 231 Å². The van der Waals surface area contributed by atoms with Gasteiger partial charge in [0.1, 0.15) is 17.7 Å². The topological polar surface area (TPSA) is 87.7 Å². The number of alkyl carbamates (subject to hydrolysis) is 1. The summed E-state index contributed by atoms with van der Waals surface area (Å²) in [4.78, 5) is 42.4. The second kappa shape index (κ2) is 16.4. The molecule has 38 heavy (non-hydrogen) atoms. The number of hydrogen-bond acceptors (Lipinski definition) is 4. The van der Waals surface area contributed by atoms with Gasteiger partial charge in [-0.2, -0.15) is 0 Å². The molecule has 1 aromatic carbocycles. The van der Waals surface area contributed by atoms with Crippen LogP contribution in [-0.2, 0) is 14.3 Å². The van der Waals surface area contributed by atoms with Crippen LogP contribution in [0.5, 0.6) is 0 Å². The quantitative estimate of drug-likeness (QED) is 0.249. The van der Waals surface area contributed by atoms with E-state index >= 15 is 0 Å². The van der Waals surface area contributed by atoms with Crippen LogP contribution in [0.25, 0.3) is 0 Å². The third-order valence-electron chi connectivity index (χ3n) is 6.18. The number of nitrogens with zero attached hydrogens (tertiary/aromatic N) is 1. The van der Waals surface area contributed by atoms with Crippen molar-refractivity contribution in [3.8, 4) is 0 Å². The van der Waals surface area contributed by atoms with E-state index in [1.165, 1.54) is 0 Å². The minimum Gasteiger partial charge on any atom is -0.444 e. The van der Waals surface area contributed by atoms with Gasteiger partial charge in [0.05, 0.1) is 0 Å². The van der Waals surface area contributed by atoms with Crippen molar-refractivity contribution in [3.63, 3.8) is 0 Å². The largest absolute Gasteiger partial charge is 0.444 e. The van der Waals surface area contributed by atoms with Gasteiger partial charge < -0.3 is 20.3 Å². The number of amides is 3. The van der Waals surface area contributed by atoms with Gasteiger partial charge in [0.2, 0.25) is 11.8 Å². The molecule has 0 aliphatic carbocycles. The van der Waals surface area contributed by atoms with Crippen LogP contribution in [0.3, 0.4) is 0 Å². The van der Waals surface area contributed by atoms with Crippen molar-refractivity contribution in [3.05, 3.63) is 34.9 Å². The van der Waals surface area contributed by atoms with Crippen LogP contribution in [0.4, 0.5) is 4.79 Å². The van der Waals surface area contributed by atoms with Crippen molar-refractivity contribution in [2.24, 2.45) is 5.92 Å². The van der Waals surface area contributed by atoms with E-state index in [-0.39, 0.29) is 17.7 Å². The van der Waals surface area contributed by atoms with Gasteiger partial charge in [-0.15, -0.1) is 0 Å². The molecular formula is C31H53N3O4. The molecule has 2 unspecified atom stereocenters. The predicted octanol–water partition coefficient (Wildman–Crippen LogP) is 6.61. The minimum absolute atomic E-state index is 0.152. The number of unbranched alkanes of at least 4 members (excludes halogenated alkanes) is 4. The third kappa shape index (κ3) is 12.3. The van der Waals surface area contributed by atoms with Crippen LogP contribution in [0, 0.1) is 19.8 Å². The molecular weight excluding hydrogens is 478 g/mol. The first-order chi connectivity index (χ1) is 17.8. The lowest BCUT2D eigenvalue weighted by Crippen LogP contribution is -2.53. The monoisotopic (exact) mass is 531 g/mol. The number of carbonyl (C=O) groups is 3. The number of aryl methyl sites for hydroxylation is 2. The van der Waals surface area contributed by atoms with E-state index in [1.54, 1.807) is 25.7 Å². The molecule has 7 nitrogen and oxygen atoms in total. The normalized spacial score (nSPS) is 13.1. The Bertz CT molecular complexity index is 871. The zero-order valence-electron chi connectivity index (χ0n) is 25.4. The molecule has 2 atom stereocenters. The summed E-state index contributed by atoms with van der Waals surface area (Å²) in [6, 6.07) is 4.46. The molecule has 0 heterocycles. The lowest BCUT2D eigenvalue weighted by molar-refractivity contribution is -0.143. The van der Waals surface area contributed by atoms with Crippen molar-refractivity contribution in [1.29, 1.82) is 0 Å². The molecule has 0 aromatic heterocycles. The molecule has 7 heteroatoms. The molecule has 2 N–H and O–H groups in total. The fourth-order valence-electron chi connectivity index (χ4n) is 4.54. The Balaban J connectivity index is 3.51. The van der Waals surface area contributed by atoms with Gasteiger partial charge >= 0.3 is 6.09 Å². The first-order valence-electron chi connectivity index (χ1n) is 14.4. The number of benzene rings is 1. The molecule has 0 aliphatic rings. The van der Waals surface area contributed by atoms with E-state index in [4.69, 9.17) is 4.74 Å². The average Bonchev–Trinajstić information content (AvgIpc) is 2.78. The Kier molecular flexibility index (Phi) is 14.4. The molecule has 0 saturated heterocycles. The van der Waals surface area contributed by atoms with Gasteiger partial charge in [0.15, 0.2) is 0 Å². The Morgan fingerprint density at radius 3 is 2.05 bits per heavy atom. The smallest absolute Gasteiger partial charge is 0.408 e. The molecule has 0 aliphatic heterocycles. The van der Waals surface area contributed by atoms with E-state index in [0.717, 1.165) is 55.2 Å². The Morgan fingerprint density at radius 2 is 1.53 bits per heavy atom. The fraction of sp³-hybridized carbons (Fsp3) is 0.710. The maximum absolute atomic E-state index is 14.2. The molecule has 0 radical (unpaired) electrons. The van der Waals surface area contributed by atoms with Crippen LogP contribution in [0.1, 0.15) is 116 Å². The second-order valence-electron chi connectivity index (χ2n) is 11.9. The predicted molar refractivity (Wildman–Crippen MR) is 155 cm³/mol. The summed E-state index contributed by atoms with van der Waals surface area (Å²) in [5.41, 5.74) is 2.18. The molecule has 216 valence electrons. The Morgan fingerprint density at radius 1 is 0.921 bits per heavy atom. The summed E-state index contributed by atoms with van der Waals surface area (Å²) in [6.45, 7) is 18.6. The number of rotatable bonds is 15. The lowest BCUT2D eigenvalue weighted by Gasteiger charge is -2.35. The molecule has 1 aromatic rings. The van der Waals surface area contributed by atoms with Crippen molar-refractivity contribution < 1.29 is 19.1 Å². The molecule has 0 bridgehead atoms. The zero-order valence-corrected chi connectivity index (χ0v) is 25.4. The van der Waals surface area contributed by atoms with Gasteiger partial charge in [0.25, 0.3) is 0 Å². The van der Waals surface area contributed by atoms with Crippen molar-refractivity contribution in [2.75, 3.05) is 13.1 Å². The summed E-state index contributed by atoms with van der Waals surface area (Å²) in [5, 5.41) is 5.89. The molecule has 1 rings (SSSR count). The van der Waals surface area contributed by atoms with Crippen LogP contribution in [0.2, 0.25) is 0 Å². The fourth-order valence-corrected chi connectivity index (χ4v) is 4.54. The summed E-state index contributed by atoms with van der Waals surface area (Å²) in [6.07, 6.45) is 5.52. The molecule has 3 amide bonds. The van der Waals surface area contributed by atoms with E-state index in [1.807, 2.05) is 39.8 Å². The van der Waals surface area contributed by atoms with Crippen LogP contribution in [0.15, 0.2) is 18.2 Å². The minimum atomic E-state index is -0.798. The van der Waals surface area contributed by atoms with Gasteiger partial charge in [0, 0.05) is 13.1 Å². The number of nitrogens with one attached hydrogen (secondary N) is 2. The van der Waals surface area contributed by atoms with E-state index < -0.39 is 23.8 Å². The van der Waals surface area contributed by atoms with Crippen molar-refractivity contribution >= 4 is 17.9 Å². The highest BCUT2D eigenvalue weighted by Crippen LogP contribution is 2.26. The zero-order chi connectivity index (χ0) is 28.9. The van der Waals surface area contributed by atoms with Gasteiger partial charge in [-0.1, -0.05) is 82.7 Å². The maximum Gasteiger partial charge on any atom is 0.408 e. The highest BCUT2D eigenvalue weighted by atomic mass is 16.6. The second-order valence-corrected chi connectivity index (χ2v) is 11.9. The van der Waals surface area contributed by atoms with Crippen molar-refractivity contribution in [1.82, 2.24) is 15.5 Å². The average molecular weight is 532 g/mol. The summed E-state index contributed by atoms with van der Waals surface area (Å²) < 4.78 is 5.48. The van der Waals surface area contributed by atoms with E-state index in [2.05, 4.69) is 30.5 Å². The van der Waals surface area contributed by atoms with Crippen LogP contribution in [-0.4, -0.2) is 47.5 Å². The number of carbonyl (C=O) groups excluding carboxylic acids is 3. The SMILES string of the molecule is CCCCCCN(C(=O)C(CC(C)C)NC(=O)OC(C)(C)C)C(C(=O)NCCCC)c1cc(C)cc(C)c1. The van der Waals surface area contributed by atoms with Gasteiger partial charge in [-0.3, -0.25) is 9.59 Å². The number of ether oxygens (including phenoxy) is 1. The third-order valence-corrected chi connectivity index (χ3v) is 6.18. The first-order valence-corrected chi connectivity index (χ1v) is 14.4.